The largest absolute Gasteiger partial charge is 0.293 e. The van der Waals surface area contributed by atoms with Crippen LogP contribution in [0.2, 0.25) is 0 Å². The molecule has 1 fully saturated rings. The van der Waals surface area contributed by atoms with E-state index in [1.165, 1.54) is 0 Å². The molecule has 6 heteroatoms. The highest BCUT2D eigenvalue weighted by atomic mass is 16.1. The highest BCUT2D eigenvalue weighted by molar-refractivity contribution is 5.79. The summed E-state index contributed by atoms with van der Waals surface area (Å²) in [6.45, 7) is 6.36. The van der Waals surface area contributed by atoms with Gasteiger partial charge in [0, 0.05) is 35.1 Å². The zero-order valence-electron chi connectivity index (χ0n) is 15.4. The number of benzene rings is 1. The first kappa shape index (κ1) is 17.0. The first-order valence-electron chi connectivity index (χ1n) is 9.22. The van der Waals surface area contributed by atoms with Gasteiger partial charge in [0.05, 0.1) is 0 Å². The Morgan fingerprint density at radius 2 is 1.81 bits per heavy atom. The smallest absolute Gasteiger partial charge is 0.272 e. The molecule has 6 nitrogen and oxygen atoms in total. The van der Waals surface area contributed by atoms with Crippen LogP contribution in [0.5, 0.6) is 0 Å². The van der Waals surface area contributed by atoms with Gasteiger partial charge >= 0.3 is 0 Å². The van der Waals surface area contributed by atoms with Gasteiger partial charge in [-0.15, -0.1) is 0 Å². The molecule has 1 aromatic carbocycles. The Balaban J connectivity index is 1.70. The van der Waals surface area contributed by atoms with Crippen molar-refractivity contribution < 1.29 is 0 Å². The van der Waals surface area contributed by atoms with E-state index in [2.05, 4.69) is 29.8 Å². The van der Waals surface area contributed by atoms with Crippen LogP contribution in [0.25, 0.3) is 16.8 Å². The molecule has 26 heavy (non-hydrogen) atoms. The Kier molecular flexibility index (Phi) is 4.38. The van der Waals surface area contributed by atoms with Crippen molar-refractivity contribution in [2.75, 3.05) is 0 Å². The third-order valence-corrected chi connectivity index (χ3v) is 5.47. The van der Waals surface area contributed by atoms with Gasteiger partial charge in [0.2, 0.25) is 0 Å². The number of nitrogens with zero attached hydrogens (tertiary/aromatic N) is 2. The fraction of sp³-hybridized carbons (Fsp3) is 0.400. The van der Waals surface area contributed by atoms with Crippen LogP contribution in [0.1, 0.15) is 31.7 Å². The zero-order valence-corrected chi connectivity index (χ0v) is 15.4. The van der Waals surface area contributed by atoms with Crippen LogP contribution in [0.4, 0.5) is 0 Å². The molecule has 0 amide bonds. The van der Waals surface area contributed by atoms with E-state index >= 15 is 0 Å². The van der Waals surface area contributed by atoms with E-state index in [1.54, 1.807) is 10.6 Å². The lowest BCUT2D eigenvalue weighted by molar-refractivity contribution is 0.412. The number of H-pyrrole nitrogens is 1. The second-order valence-corrected chi connectivity index (χ2v) is 7.29. The van der Waals surface area contributed by atoms with Gasteiger partial charge < -0.3 is 0 Å². The minimum absolute atomic E-state index is 0.0564. The maximum atomic E-state index is 12.6. The molecule has 1 saturated heterocycles. The molecular weight excluding hydrogens is 326 g/mol. The summed E-state index contributed by atoms with van der Waals surface area (Å²) in [6, 6.07) is 12.6. The van der Waals surface area contributed by atoms with Crippen molar-refractivity contribution in [3.05, 3.63) is 58.1 Å². The van der Waals surface area contributed by atoms with Crippen LogP contribution in [0.3, 0.4) is 0 Å². The van der Waals surface area contributed by atoms with Gasteiger partial charge in [-0.3, -0.25) is 20.7 Å². The van der Waals surface area contributed by atoms with Crippen LogP contribution >= 0.6 is 0 Å². The lowest BCUT2D eigenvalue weighted by atomic mass is 9.91. The summed E-state index contributed by atoms with van der Waals surface area (Å²) in [6.07, 6.45) is 1.79. The maximum Gasteiger partial charge on any atom is 0.272 e. The van der Waals surface area contributed by atoms with E-state index in [9.17, 15) is 4.79 Å². The molecular formula is C20H25N5O. The van der Waals surface area contributed by atoms with Gasteiger partial charge in [0.15, 0.2) is 5.65 Å². The average molecular weight is 351 g/mol. The summed E-state index contributed by atoms with van der Waals surface area (Å²) in [7, 11) is 0. The van der Waals surface area contributed by atoms with Crippen molar-refractivity contribution in [3.8, 4) is 11.1 Å². The number of nitrogens with one attached hydrogen (secondary N) is 3. The number of aromatic amines is 1. The molecule has 0 radical (unpaired) electrons. The van der Waals surface area contributed by atoms with E-state index in [0.29, 0.717) is 23.6 Å². The summed E-state index contributed by atoms with van der Waals surface area (Å²) in [5.74, 6) is 0.525. The van der Waals surface area contributed by atoms with E-state index in [-0.39, 0.29) is 5.56 Å². The summed E-state index contributed by atoms with van der Waals surface area (Å²) >= 11 is 0. The molecule has 1 aliphatic heterocycles. The summed E-state index contributed by atoms with van der Waals surface area (Å²) in [5.41, 5.74) is 11.1. The molecule has 3 N–H and O–H groups in total. The minimum atomic E-state index is -0.0564. The van der Waals surface area contributed by atoms with Crippen LogP contribution in [0, 0.1) is 12.8 Å². The van der Waals surface area contributed by atoms with Gasteiger partial charge in [-0.2, -0.15) is 0 Å². The number of aryl methyl sites for hydroxylation is 2. The highest BCUT2D eigenvalue weighted by Gasteiger charge is 2.29. The normalized spacial score (nSPS) is 23.0. The van der Waals surface area contributed by atoms with Crippen molar-refractivity contribution in [2.45, 2.75) is 45.7 Å². The number of rotatable bonds is 4. The number of hydrogen-bond donors (Lipinski definition) is 3. The van der Waals surface area contributed by atoms with Gasteiger partial charge in [-0.25, -0.2) is 9.50 Å². The van der Waals surface area contributed by atoms with Crippen LogP contribution < -0.4 is 16.4 Å². The van der Waals surface area contributed by atoms with E-state index < -0.39 is 0 Å². The fourth-order valence-corrected chi connectivity index (χ4v) is 4.00. The lowest BCUT2D eigenvalue weighted by Crippen LogP contribution is -2.30. The molecule has 0 saturated carbocycles. The van der Waals surface area contributed by atoms with Crippen LogP contribution in [-0.4, -0.2) is 26.7 Å². The molecule has 2 atom stereocenters. The van der Waals surface area contributed by atoms with Gasteiger partial charge in [0.1, 0.15) is 0 Å². The molecule has 3 heterocycles. The Morgan fingerprint density at radius 3 is 2.50 bits per heavy atom. The third-order valence-electron chi connectivity index (χ3n) is 5.47. The molecule has 136 valence electrons. The average Bonchev–Trinajstić information content (AvgIpc) is 3.13. The predicted octanol–water partition coefficient (Wildman–Crippen LogP) is 2.43. The second kappa shape index (κ2) is 6.70. The van der Waals surface area contributed by atoms with Crippen LogP contribution in [-0.2, 0) is 6.42 Å². The molecule has 2 aromatic heterocycles. The number of aromatic nitrogens is 3. The van der Waals surface area contributed by atoms with Crippen molar-refractivity contribution in [2.24, 2.45) is 5.92 Å². The molecule has 0 spiro atoms. The fourth-order valence-electron chi connectivity index (χ4n) is 4.00. The minimum Gasteiger partial charge on any atom is -0.293 e. The lowest BCUT2D eigenvalue weighted by Gasteiger charge is -2.17. The van der Waals surface area contributed by atoms with Crippen molar-refractivity contribution in [1.82, 2.24) is 25.4 Å². The molecule has 4 rings (SSSR count). The first-order chi connectivity index (χ1) is 12.5. The number of hydrogen-bond acceptors (Lipinski definition) is 4. The van der Waals surface area contributed by atoms with Crippen molar-refractivity contribution >= 4 is 5.65 Å². The van der Waals surface area contributed by atoms with Crippen molar-refractivity contribution in [1.29, 1.82) is 0 Å². The van der Waals surface area contributed by atoms with Gasteiger partial charge in [-0.05, 0) is 45.1 Å². The quantitative estimate of drug-likeness (QED) is 0.675. The number of hydrazine groups is 1. The Hall–Kier alpha value is -2.44. The Bertz CT molecular complexity index is 965. The topological polar surface area (TPSA) is 74.2 Å². The molecule has 3 aromatic rings. The van der Waals surface area contributed by atoms with E-state index in [1.807, 2.05) is 37.3 Å². The van der Waals surface area contributed by atoms with E-state index in [4.69, 9.17) is 4.98 Å². The molecule has 0 aliphatic carbocycles. The summed E-state index contributed by atoms with van der Waals surface area (Å²) < 4.78 is 1.55. The van der Waals surface area contributed by atoms with Crippen molar-refractivity contribution in [3.63, 3.8) is 0 Å². The zero-order chi connectivity index (χ0) is 18.3. The second-order valence-electron chi connectivity index (χ2n) is 7.29. The first-order valence-corrected chi connectivity index (χ1v) is 9.22. The Labute approximate surface area is 152 Å². The molecule has 1 aliphatic rings. The molecule has 2 unspecified atom stereocenters. The van der Waals surface area contributed by atoms with Gasteiger partial charge in [0.25, 0.3) is 5.56 Å². The molecule has 0 bridgehead atoms. The summed E-state index contributed by atoms with van der Waals surface area (Å²) in [4.78, 5) is 17.4. The standard InChI is InChI=1S/C20H25N5O/c1-12-17(13(2)23-22-12)10-9-16-11-18(26)25-20(21-16)19(14(3)24-25)15-7-5-4-6-8-15/h4-8,11-13,17,22-24H,9-10H2,1-3H3. The van der Waals surface area contributed by atoms with E-state index in [0.717, 1.165) is 35.4 Å². The summed E-state index contributed by atoms with van der Waals surface area (Å²) in [5, 5.41) is 3.15. The van der Waals surface area contributed by atoms with Gasteiger partial charge in [-0.1, -0.05) is 30.3 Å². The monoisotopic (exact) mass is 351 g/mol. The highest BCUT2D eigenvalue weighted by Crippen LogP contribution is 2.26. The third kappa shape index (κ3) is 2.95. The maximum absolute atomic E-state index is 12.6. The number of fused-ring (bicyclic) bond motifs is 1. The Morgan fingerprint density at radius 1 is 1.12 bits per heavy atom. The SMILES string of the molecule is Cc1[nH]n2c(=O)cc(CCC3C(C)NNC3C)nc2c1-c1ccccc1. The predicted molar refractivity (Wildman–Crippen MR) is 103 cm³/mol. The van der Waals surface area contributed by atoms with Crippen LogP contribution in [0.15, 0.2) is 41.2 Å².